The van der Waals surface area contributed by atoms with Crippen LogP contribution in [0.3, 0.4) is 0 Å². The Hall–Kier alpha value is -1.22. The van der Waals surface area contributed by atoms with E-state index in [4.69, 9.17) is 14.2 Å². The Morgan fingerprint density at radius 1 is 0.963 bits per heavy atom. The average Bonchev–Trinajstić information content (AvgIpc) is 2.68. The van der Waals surface area contributed by atoms with Crippen molar-refractivity contribution in [2.75, 3.05) is 47.6 Å². The summed E-state index contributed by atoms with van der Waals surface area (Å²) >= 11 is 0. The lowest BCUT2D eigenvalue weighted by Crippen LogP contribution is -2.38. The molecule has 0 radical (unpaired) electrons. The van der Waals surface area contributed by atoms with Gasteiger partial charge in [-0.25, -0.2) is 0 Å². The summed E-state index contributed by atoms with van der Waals surface area (Å²) in [5, 5.41) is 6.66. The molecule has 0 fully saturated rings. The van der Waals surface area contributed by atoms with Gasteiger partial charge in [-0.3, -0.25) is 4.99 Å². The van der Waals surface area contributed by atoms with E-state index in [1.54, 1.807) is 21.3 Å². The van der Waals surface area contributed by atoms with E-state index in [9.17, 15) is 0 Å². The molecule has 0 saturated heterocycles. The molecule has 0 aromatic heterocycles. The van der Waals surface area contributed by atoms with Crippen LogP contribution in [0, 0.1) is 0 Å². The molecule has 6 nitrogen and oxygen atoms in total. The minimum Gasteiger partial charge on any atom is -0.493 e. The maximum Gasteiger partial charge on any atom is 0.190 e. The van der Waals surface area contributed by atoms with E-state index in [-0.39, 0.29) is 24.0 Å². The number of unbranched alkanes of at least 4 members (excludes halogenated alkanes) is 1. The van der Waals surface area contributed by atoms with Gasteiger partial charge in [-0.1, -0.05) is 19.4 Å². The number of methoxy groups -OCH3 is 2. The number of guanidine groups is 1. The zero-order chi connectivity index (χ0) is 19.0. The highest BCUT2D eigenvalue weighted by molar-refractivity contribution is 14.0. The molecule has 0 heterocycles. The summed E-state index contributed by atoms with van der Waals surface area (Å²) < 4.78 is 16.2. The van der Waals surface area contributed by atoms with E-state index in [2.05, 4.69) is 28.6 Å². The third-order valence-corrected chi connectivity index (χ3v) is 4.01. The average molecular weight is 493 g/mol. The van der Waals surface area contributed by atoms with Gasteiger partial charge >= 0.3 is 0 Å². The highest BCUT2D eigenvalue weighted by atomic mass is 127. The van der Waals surface area contributed by atoms with E-state index in [0.717, 1.165) is 69.4 Å². The Morgan fingerprint density at radius 3 is 2.26 bits per heavy atom. The predicted molar refractivity (Wildman–Crippen MR) is 123 cm³/mol. The van der Waals surface area contributed by atoms with Crippen LogP contribution in [0.25, 0.3) is 0 Å². The molecule has 0 bridgehead atoms. The number of hydrogen-bond acceptors (Lipinski definition) is 4. The Labute approximate surface area is 181 Å². The molecular formula is C20H36IN3O3. The van der Waals surface area contributed by atoms with Crippen molar-refractivity contribution < 1.29 is 14.2 Å². The molecule has 156 valence electrons. The number of hydrogen-bond donors (Lipinski definition) is 2. The number of halogens is 1. The van der Waals surface area contributed by atoms with Crippen LogP contribution in [0.2, 0.25) is 0 Å². The first-order chi connectivity index (χ1) is 12.7. The molecule has 0 saturated carbocycles. The SMILES string of the molecule is CCCCOCCCNC(=NC)NCCCc1ccc(OC)c(OC)c1.I. The van der Waals surface area contributed by atoms with Gasteiger partial charge in [0.15, 0.2) is 17.5 Å². The van der Waals surface area contributed by atoms with E-state index >= 15 is 0 Å². The van der Waals surface area contributed by atoms with Crippen LogP contribution in [-0.4, -0.2) is 53.5 Å². The number of benzene rings is 1. The molecule has 0 unspecified atom stereocenters. The molecule has 0 amide bonds. The first-order valence-electron chi connectivity index (χ1n) is 9.48. The van der Waals surface area contributed by atoms with Crippen LogP contribution in [0.1, 0.15) is 38.2 Å². The highest BCUT2D eigenvalue weighted by Gasteiger charge is 2.04. The first kappa shape index (κ1) is 25.8. The van der Waals surface area contributed by atoms with Gasteiger partial charge in [0.25, 0.3) is 0 Å². The fourth-order valence-electron chi connectivity index (χ4n) is 2.49. The summed E-state index contributed by atoms with van der Waals surface area (Å²) in [7, 11) is 5.10. The van der Waals surface area contributed by atoms with Gasteiger partial charge < -0.3 is 24.8 Å². The van der Waals surface area contributed by atoms with E-state index < -0.39 is 0 Å². The third-order valence-electron chi connectivity index (χ3n) is 4.01. The summed E-state index contributed by atoms with van der Waals surface area (Å²) in [6.07, 6.45) is 5.27. The molecule has 0 aliphatic rings. The number of nitrogens with one attached hydrogen (secondary N) is 2. The molecule has 0 atom stereocenters. The summed E-state index contributed by atoms with van der Waals surface area (Å²) in [5.74, 6) is 2.38. The number of aliphatic imine (C=N–C) groups is 1. The van der Waals surface area contributed by atoms with Crippen LogP contribution in [-0.2, 0) is 11.2 Å². The summed E-state index contributed by atoms with van der Waals surface area (Å²) in [4.78, 5) is 4.25. The lowest BCUT2D eigenvalue weighted by molar-refractivity contribution is 0.129. The Balaban J connectivity index is 0.00000676. The molecule has 0 aliphatic heterocycles. The maximum atomic E-state index is 5.55. The van der Waals surface area contributed by atoms with Crippen LogP contribution >= 0.6 is 24.0 Å². The van der Waals surface area contributed by atoms with Gasteiger partial charge in [0.05, 0.1) is 14.2 Å². The van der Waals surface area contributed by atoms with Crippen molar-refractivity contribution in [3.8, 4) is 11.5 Å². The molecule has 0 aliphatic carbocycles. The van der Waals surface area contributed by atoms with Crippen molar-refractivity contribution in [3.05, 3.63) is 23.8 Å². The molecular weight excluding hydrogens is 457 g/mol. The molecule has 1 rings (SSSR count). The minimum atomic E-state index is 0. The Bertz CT molecular complexity index is 527. The number of rotatable bonds is 13. The second-order valence-electron chi connectivity index (χ2n) is 6.04. The third kappa shape index (κ3) is 11.3. The van der Waals surface area contributed by atoms with E-state index in [1.807, 2.05) is 12.1 Å². The van der Waals surface area contributed by atoms with Gasteiger partial charge in [0, 0.05) is 33.4 Å². The van der Waals surface area contributed by atoms with Gasteiger partial charge in [-0.05, 0) is 43.4 Å². The molecule has 1 aromatic rings. The lowest BCUT2D eigenvalue weighted by atomic mass is 10.1. The Morgan fingerprint density at radius 2 is 1.63 bits per heavy atom. The Kier molecular flexibility index (Phi) is 16.2. The summed E-state index contributed by atoms with van der Waals surface area (Å²) in [6.45, 7) is 5.55. The molecule has 7 heteroatoms. The zero-order valence-electron chi connectivity index (χ0n) is 17.2. The van der Waals surface area contributed by atoms with Crippen molar-refractivity contribution in [2.24, 2.45) is 4.99 Å². The number of ether oxygens (including phenoxy) is 3. The topological polar surface area (TPSA) is 64.1 Å². The lowest BCUT2D eigenvalue weighted by Gasteiger charge is -2.12. The number of aryl methyl sites for hydroxylation is 1. The molecule has 1 aromatic carbocycles. The normalized spacial score (nSPS) is 10.9. The van der Waals surface area contributed by atoms with Gasteiger partial charge in [0.2, 0.25) is 0 Å². The first-order valence-corrected chi connectivity index (χ1v) is 9.48. The largest absolute Gasteiger partial charge is 0.493 e. The maximum absolute atomic E-state index is 5.55. The van der Waals surface area contributed by atoms with Crippen molar-refractivity contribution in [1.82, 2.24) is 10.6 Å². The fraction of sp³-hybridized carbons (Fsp3) is 0.650. The van der Waals surface area contributed by atoms with Crippen molar-refractivity contribution in [3.63, 3.8) is 0 Å². The summed E-state index contributed by atoms with van der Waals surface area (Å²) in [6, 6.07) is 6.06. The predicted octanol–water partition coefficient (Wildman–Crippen LogP) is 3.63. The van der Waals surface area contributed by atoms with Gasteiger partial charge in [-0.2, -0.15) is 0 Å². The van der Waals surface area contributed by atoms with Gasteiger partial charge in [-0.15, -0.1) is 24.0 Å². The zero-order valence-corrected chi connectivity index (χ0v) is 19.5. The standard InChI is InChI=1S/C20H35N3O3.HI/c1-5-6-14-26-15-8-13-23-20(21-2)22-12-7-9-17-10-11-18(24-3)19(16-17)25-4;/h10-11,16H,5-9,12-15H2,1-4H3,(H2,21,22,23);1H. The number of nitrogens with zero attached hydrogens (tertiary/aromatic N) is 1. The van der Waals surface area contributed by atoms with Crippen molar-refractivity contribution in [2.45, 2.75) is 39.0 Å². The van der Waals surface area contributed by atoms with Crippen LogP contribution in [0.4, 0.5) is 0 Å². The molecule has 27 heavy (non-hydrogen) atoms. The molecule has 2 N–H and O–H groups in total. The quantitative estimate of drug-likeness (QED) is 0.190. The van der Waals surface area contributed by atoms with Crippen molar-refractivity contribution in [1.29, 1.82) is 0 Å². The minimum absolute atomic E-state index is 0. The van der Waals surface area contributed by atoms with Crippen LogP contribution in [0.15, 0.2) is 23.2 Å². The van der Waals surface area contributed by atoms with E-state index in [1.165, 1.54) is 12.0 Å². The fourth-order valence-corrected chi connectivity index (χ4v) is 2.49. The van der Waals surface area contributed by atoms with Crippen LogP contribution in [0.5, 0.6) is 11.5 Å². The molecule has 0 spiro atoms. The van der Waals surface area contributed by atoms with Crippen molar-refractivity contribution >= 4 is 29.9 Å². The smallest absolute Gasteiger partial charge is 0.190 e. The second kappa shape index (κ2) is 16.9. The van der Waals surface area contributed by atoms with Crippen LogP contribution < -0.4 is 20.1 Å². The second-order valence-corrected chi connectivity index (χ2v) is 6.04. The summed E-state index contributed by atoms with van der Waals surface area (Å²) in [5.41, 5.74) is 1.23. The van der Waals surface area contributed by atoms with E-state index in [0.29, 0.717) is 0 Å². The highest BCUT2D eigenvalue weighted by Crippen LogP contribution is 2.27. The monoisotopic (exact) mass is 493 g/mol. The van der Waals surface area contributed by atoms with Gasteiger partial charge in [0.1, 0.15) is 0 Å².